The number of nitrogens with zero attached hydrogens (tertiary/aromatic N) is 2. The Morgan fingerprint density at radius 2 is 1.68 bits per heavy atom. The number of nitrogens with one attached hydrogen (secondary N) is 1. The van der Waals surface area contributed by atoms with Gasteiger partial charge in [0.2, 0.25) is 0 Å². The monoisotopic (exact) mass is 335 g/mol. The third-order valence-electron chi connectivity index (χ3n) is 4.24. The second kappa shape index (κ2) is 7.66. The van der Waals surface area contributed by atoms with E-state index in [9.17, 15) is 10.1 Å². The minimum Gasteiger partial charge on any atom is -0.360 e. The fraction of sp³-hybridized carbons (Fsp3) is 0.200. The summed E-state index contributed by atoms with van der Waals surface area (Å²) < 4.78 is 0. The van der Waals surface area contributed by atoms with Gasteiger partial charge in [0, 0.05) is 18.7 Å². The van der Waals surface area contributed by atoms with Gasteiger partial charge in [-0.15, -0.1) is 0 Å². The molecule has 0 aliphatic carbocycles. The van der Waals surface area contributed by atoms with E-state index < -0.39 is 4.92 Å². The molecule has 128 valence electrons. The van der Waals surface area contributed by atoms with E-state index in [-0.39, 0.29) is 6.17 Å². The second-order valence-electron chi connectivity index (χ2n) is 6.12. The van der Waals surface area contributed by atoms with Gasteiger partial charge in [-0.05, 0) is 24.1 Å². The molecular formula is C20H21N3O2. The first-order valence-electron chi connectivity index (χ1n) is 8.26. The molecule has 1 heterocycles. The summed E-state index contributed by atoms with van der Waals surface area (Å²) in [5.41, 5.74) is 3.94. The average Bonchev–Trinajstić information content (AvgIpc) is 2.59. The lowest BCUT2D eigenvalue weighted by molar-refractivity contribution is -0.403. The van der Waals surface area contributed by atoms with Crippen LogP contribution in [0.5, 0.6) is 0 Å². The summed E-state index contributed by atoms with van der Waals surface area (Å²) in [6.45, 7) is 2.75. The highest BCUT2D eigenvalue weighted by atomic mass is 16.6. The van der Waals surface area contributed by atoms with Gasteiger partial charge in [-0.25, -0.2) is 0 Å². The van der Waals surface area contributed by atoms with Gasteiger partial charge in [0.1, 0.15) is 11.9 Å². The number of hydrogen-bond acceptors (Lipinski definition) is 4. The molecule has 1 N–H and O–H groups in total. The van der Waals surface area contributed by atoms with Crippen molar-refractivity contribution in [3.8, 4) is 0 Å². The predicted octanol–water partition coefficient (Wildman–Crippen LogP) is 3.68. The Bertz CT molecular complexity index is 785. The first-order valence-corrected chi connectivity index (χ1v) is 8.26. The predicted molar refractivity (Wildman–Crippen MR) is 97.9 cm³/mol. The molecular weight excluding hydrogens is 314 g/mol. The molecule has 3 rings (SSSR count). The number of benzene rings is 2. The Labute approximate surface area is 147 Å². The molecule has 5 nitrogen and oxygen atoms in total. The molecule has 25 heavy (non-hydrogen) atoms. The number of hydrogen-bond donors (Lipinski definition) is 1. The molecule has 0 radical (unpaired) electrons. The maximum atomic E-state index is 10.9. The Kier molecular flexibility index (Phi) is 5.14. The molecule has 1 unspecified atom stereocenters. The van der Waals surface area contributed by atoms with E-state index in [2.05, 4.69) is 34.5 Å². The van der Waals surface area contributed by atoms with Gasteiger partial charge in [0.25, 0.3) is 6.20 Å². The quantitative estimate of drug-likeness (QED) is 0.669. The van der Waals surface area contributed by atoms with Crippen molar-refractivity contribution in [2.24, 2.45) is 0 Å². The lowest BCUT2D eigenvalue weighted by Gasteiger charge is -2.39. The molecule has 0 amide bonds. The third-order valence-corrected chi connectivity index (χ3v) is 4.24. The van der Waals surface area contributed by atoms with E-state index in [1.807, 2.05) is 49.4 Å². The molecule has 0 bridgehead atoms. The summed E-state index contributed by atoms with van der Waals surface area (Å²) in [6.07, 6.45) is 3.57. The molecule has 2 aromatic carbocycles. The fourth-order valence-corrected chi connectivity index (χ4v) is 3.07. The highest BCUT2D eigenvalue weighted by Crippen LogP contribution is 2.22. The number of nitro groups is 1. The Hall–Kier alpha value is -3.08. The van der Waals surface area contributed by atoms with E-state index in [1.54, 1.807) is 0 Å². The number of rotatable bonds is 5. The van der Waals surface area contributed by atoms with Crippen molar-refractivity contribution < 1.29 is 4.92 Å². The zero-order valence-corrected chi connectivity index (χ0v) is 14.1. The Balaban J connectivity index is 1.88. The van der Waals surface area contributed by atoms with Gasteiger partial charge >= 0.3 is 0 Å². The van der Waals surface area contributed by atoms with Gasteiger partial charge in [0.05, 0.1) is 4.92 Å². The second-order valence-corrected chi connectivity index (χ2v) is 6.12. The minimum absolute atomic E-state index is 0.0428. The summed E-state index contributed by atoms with van der Waals surface area (Å²) in [5.74, 6) is 0. The first kappa shape index (κ1) is 16.8. The number of allylic oxidation sites excluding steroid dienone is 2. The van der Waals surface area contributed by atoms with Crippen LogP contribution in [0.25, 0.3) is 0 Å². The van der Waals surface area contributed by atoms with Crippen LogP contribution in [-0.4, -0.2) is 16.0 Å². The first-order chi connectivity index (χ1) is 12.1. The van der Waals surface area contributed by atoms with Gasteiger partial charge in [-0.3, -0.25) is 10.1 Å². The topological polar surface area (TPSA) is 58.4 Å². The van der Waals surface area contributed by atoms with Crippen LogP contribution >= 0.6 is 0 Å². The Morgan fingerprint density at radius 1 is 1.08 bits per heavy atom. The van der Waals surface area contributed by atoms with Crippen molar-refractivity contribution in [1.29, 1.82) is 0 Å². The average molecular weight is 335 g/mol. The maximum absolute atomic E-state index is 10.9. The molecule has 1 aliphatic rings. The third kappa shape index (κ3) is 4.47. The van der Waals surface area contributed by atoms with Crippen LogP contribution in [0, 0.1) is 10.1 Å². The van der Waals surface area contributed by atoms with Crippen molar-refractivity contribution in [1.82, 2.24) is 10.2 Å². The van der Waals surface area contributed by atoms with E-state index in [4.69, 9.17) is 0 Å². The van der Waals surface area contributed by atoms with Gasteiger partial charge in [0.15, 0.2) is 0 Å². The van der Waals surface area contributed by atoms with Crippen LogP contribution < -0.4 is 5.32 Å². The van der Waals surface area contributed by atoms with E-state index in [0.29, 0.717) is 5.70 Å². The highest BCUT2D eigenvalue weighted by molar-refractivity contribution is 5.27. The minimum atomic E-state index is -0.418. The van der Waals surface area contributed by atoms with Crippen molar-refractivity contribution in [3.63, 3.8) is 0 Å². The summed E-state index contributed by atoms with van der Waals surface area (Å²) in [7, 11) is 0. The van der Waals surface area contributed by atoms with Crippen LogP contribution in [0.1, 0.15) is 18.1 Å². The highest BCUT2D eigenvalue weighted by Gasteiger charge is 2.25. The van der Waals surface area contributed by atoms with Crippen LogP contribution in [0.2, 0.25) is 0 Å². The smallest absolute Gasteiger partial charge is 0.257 e. The lowest BCUT2D eigenvalue weighted by atomic mass is 10.1. The fourth-order valence-electron chi connectivity index (χ4n) is 3.07. The van der Waals surface area contributed by atoms with Crippen molar-refractivity contribution in [2.75, 3.05) is 0 Å². The van der Waals surface area contributed by atoms with Crippen LogP contribution in [-0.2, 0) is 13.0 Å². The van der Waals surface area contributed by atoms with Crippen LogP contribution in [0.15, 0.2) is 84.3 Å². The zero-order valence-electron chi connectivity index (χ0n) is 14.1. The molecule has 0 aromatic heterocycles. The molecule has 1 aliphatic heterocycles. The van der Waals surface area contributed by atoms with Crippen molar-refractivity contribution in [2.45, 2.75) is 26.1 Å². The van der Waals surface area contributed by atoms with Gasteiger partial charge in [-0.2, -0.15) is 0 Å². The largest absolute Gasteiger partial charge is 0.360 e. The van der Waals surface area contributed by atoms with Crippen molar-refractivity contribution in [3.05, 3.63) is 106 Å². The van der Waals surface area contributed by atoms with Gasteiger partial charge in [-0.1, -0.05) is 60.7 Å². The molecule has 2 aromatic rings. The van der Waals surface area contributed by atoms with E-state index in [1.165, 1.54) is 11.1 Å². The molecule has 0 saturated heterocycles. The summed E-state index contributed by atoms with van der Waals surface area (Å²) >= 11 is 0. The molecule has 1 atom stereocenters. The standard InChI is InChI=1S/C20H21N3O2/c1-16-12-19(15-23(24)25)21-20(13-17-8-4-2-5-9-17)22(16)14-18-10-6-3-7-11-18/h2-12,15,20-21H,13-14H2,1H3/b19-15-. The van der Waals surface area contributed by atoms with E-state index >= 15 is 0 Å². The normalized spacial score (nSPS) is 18.6. The van der Waals surface area contributed by atoms with Gasteiger partial charge < -0.3 is 10.2 Å². The maximum Gasteiger partial charge on any atom is 0.257 e. The molecule has 0 fully saturated rings. The van der Waals surface area contributed by atoms with Crippen LogP contribution in [0.3, 0.4) is 0 Å². The van der Waals surface area contributed by atoms with Crippen molar-refractivity contribution >= 4 is 0 Å². The molecule has 0 saturated carbocycles. The molecule has 5 heteroatoms. The Morgan fingerprint density at radius 3 is 2.28 bits per heavy atom. The molecule has 0 spiro atoms. The van der Waals surface area contributed by atoms with E-state index in [0.717, 1.165) is 24.9 Å². The SMILES string of the molecule is CC1=C/C(=C/[N+](=O)[O-])NC(Cc2ccccc2)N1Cc1ccccc1. The lowest BCUT2D eigenvalue weighted by Crippen LogP contribution is -2.48. The summed E-state index contributed by atoms with van der Waals surface area (Å²) in [4.78, 5) is 12.7. The van der Waals surface area contributed by atoms with Crippen LogP contribution in [0.4, 0.5) is 0 Å². The zero-order chi connectivity index (χ0) is 17.6. The summed E-state index contributed by atoms with van der Waals surface area (Å²) in [6, 6.07) is 20.4. The summed E-state index contributed by atoms with van der Waals surface area (Å²) in [5, 5.41) is 14.2.